The maximum absolute atomic E-state index is 13.6. The fourth-order valence-corrected chi connectivity index (χ4v) is 1.88. The minimum absolute atomic E-state index is 0.0306. The summed E-state index contributed by atoms with van der Waals surface area (Å²) in [6, 6.07) is 4.21. The number of aliphatic hydroxyl groups is 1. The van der Waals surface area contributed by atoms with E-state index >= 15 is 0 Å². The lowest BCUT2D eigenvalue weighted by Gasteiger charge is -2.16. The van der Waals surface area contributed by atoms with Crippen LogP contribution in [0.15, 0.2) is 18.2 Å². The Hall–Kier alpha value is -1.82. The van der Waals surface area contributed by atoms with E-state index in [9.17, 15) is 9.18 Å². The van der Waals surface area contributed by atoms with Crippen molar-refractivity contribution in [1.82, 2.24) is 10.6 Å². The number of aliphatic hydroxyl groups excluding tert-OH is 1. The summed E-state index contributed by atoms with van der Waals surface area (Å²) in [7, 11) is 0. The van der Waals surface area contributed by atoms with E-state index in [1.807, 2.05) is 6.92 Å². The van der Waals surface area contributed by atoms with Crippen molar-refractivity contribution in [2.45, 2.75) is 39.3 Å². The third kappa shape index (κ3) is 5.99. The summed E-state index contributed by atoms with van der Waals surface area (Å²) in [5, 5.41) is 14.3. The molecule has 21 heavy (non-hydrogen) atoms. The molecule has 0 aromatic heterocycles. The normalized spacial score (nSPS) is 11.8. The van der Waals surface area contributed by atoms with Gasteiger partial charge < -0.3 is 20.5 Å². The summed E-state index contributed by atoms with van der Waals surface area (Å²) >= 11 is 0. The van der Waals surface area contributed by atoms with Crippen LogP contribution in [-0.4, -0.2) is 30.4 Å². The van der Waals surface area contributed by atoms with E-state index in [1.165, 1.54) is 6.07 Å². The van der Waals surface area contributed by atoms with Crippen molar-refractivity contribution in [3.63, 3.8) is 0 Å². The summed E-state index contributed by atoms with van der Waals surface area (Å²) in [5.41, 5.74) is 0.654. The van der Waals surface area contributed by atoms with E-state index in [-0.39, 0.29) is 31.0 Å². The molecule has 1 aromatic rings. The van der Waals surface area contributed by atoms with Crippen LogP contribution in [0, 0.1) is 5.82 Å². The highest BCUT2D eigenvalue weighted by Crippen LogP contribution is 2.18. The molecule has 0 aliphatic carbocycles. The van der Waals surface area contributed by atoms with Crippen molar-refractivity contribution in [1.29, 1.82) is 0 Å². The summed E-state index contributed by atoms with van der Waals surface area (Å²) in [4.78, 5) is 11.7. The van der Waals surface area contributed by atoms with E-state index in [1.54, 1.807) is 19.1 Å². The average molecular weight is 298 g/mol. The largest absolute Gasteiger partial charge is 0.491 e. The van der Waals surface area contributed by atoms with E-state index in [4.69, 9.17) is 9.84 Å². The number of hydrogen-bond donors (Lipinski definition) is 3. The van der Waals surface area contributed by atoms with Crippen molar-refractivity contribution in [3.05, 3.63) is 29.6 Å². The van der Waals surface area contributed by atoms with Gasteiger partial charge in [0.2, 0.25) is 0 Å². The maximum atomic E-state index is 13.6. The van der Waals surface area contributed by atoms with Crippen LogP contribution in [0.25, 0.3) is 0 Å². The summed E-state index contributed by atoms with van der Waals surface area (Å²) < 4.78 is 18.8. The SMILES string of the molecule is CCOc1ccc(CNC(=O)NC(CC)CCO)cc1F. The number of hydrogen-bond acceptors (Lipinski definition) is 3. The van der Waals surface area contributed by atoms with Crippen molar-refractivity contribution < 1.29 is 19.0 Å². The van der Waals surface area contributed by atoms with Gasteiger partial charge >= 0.3 is 6.03 Å². The zero-order valence-corrected chi connectivity index (χ0v) is 12.5. The maximum Gasteiger partial charge on any atom is 0.315 e. The standard InChI is InChI=1S/C15H23FN2O3/c1-3-12(7-8-19)18-15(20)17-10-11-5-6-14(21-4-2)13(16)9-11/h5-6,9,12,19H,3-4,7-8,10H2,1-2H3,(H2,17,18,20). The number of carbonyl (C=O) groups excluding carboxylic acids is 1. The van der Waals surface area contributed by atoms with Crippen LogP contribution in [0.4, 0.5) is 9.18 Å². The first-order valence-electron chi connectivity index (χ1n) is 7.17. The number of carbonyl (C=O) groups is 1. The summed E-state index contributed by atoms with van der Waals surface area (Å²) in [6.45, 7) is 4.38. The Morgan fingerprint density at radius 2 is 2.19 bits per heavy atom. The number of benzene rings is 1. The van der Waals surface area contributed by atoms with E-state index in [0.29, 0.717) is 18.6 Å². The number of ether oxygens (including phenoxy) is 1. The second-order valence-corrected chi connectivity index (χ2v) is 4.64. The van der Waals surface area contributed by atoms with Gasteiger partial charge in [0.05, 0.1) is 6.61 Å². The molecule has 1 unspecified atom stereocenters. The Morgan fingerprint density at radius 1 is 1.43 bits per heavy atom. The van der Waals surface area contributed by atoms with Crippen molar-refractivity contribution in [3.8, 4) is 5.75 Å². The van der Waals surface area contributed by atoms with Gasteiger partial charge in [-0.2, -0.15) is 0 Å². The molecule has 118 valence electrons. The second-order valence-electron chi connectivity index (χ2n) is 4.64. The molecule has 0 aliphatic rings. The Morgan fingerprint density at radius 3 is 2.76 bits per heavy atom. The molecule has 0 spiro atoms. The third-order valence-electron chi connectivity index (χ3n) is 3.05. The minimum atomic E-state index is -0.441. The molecular formula is C15H23FN2O3. The third-order valence-corrected chi connectivity index (χ3v) is 3.05. The van der Waals surface area contributed by atoms with Crippen LogP contribution < -0.4 is 15.4 Å². The highest BCUT2D eigenvalue weighted by Gasteiger charge is 2.10. The molecule has 1 aromatic carbocycles. The highest BCUT2D eigenvalue weighted by molar-refractivity contribution is 5.74. The van der Waals surface area contributed by atoms with Crippen LogP contribution in [0.3, 0.4) is 0 Å². The molecule has 0 radical (unpaired) electrons. The molecule has 0 aliphatic heterocycles. The fourth-order valence-electron chi connectivity index (χ4n) is 1.88. The first kappa shape index (κ1) is 17.2. The number of halogens is 1. The topological polar surface area (TPSA) is 70.6 Å². The van der Waals surface area contributed by atoms with Crippen LogP contribution in [-0.2, 0) is 6.54 Å². The lowest BCUT2D eigenvalue weighted by molar-refractivity contribution is 0.227. The van der Waals surface area contributed by atoms with Crippen molar-refractivity contribution in [2.75, 3.05) is 13.2 Å². The lowest BCUT2D eigenvalue weighted by Crippen LogP contribution is -2.41. The Labute approximate surface area is 124 Å². The molecule has 0 fully saturated rings. The van der Waals surface area contributed by atoms with Gasteiger partial charge in [-0.15, -0.1) is 0 Å². The first-order valence-corrected chi connectivity index (χ1v) is 7.17. The number of rotatable bonds is 8. The molecule has 0 saturated heterocycles. The zero-order valence-electron chi connectivity index (χ0n) is 12.5. The monoisotopic (exact) mass is 298 g/mol. The number of amides is 2. The molecule has 0 saturated carbocycles. The molecule has 2 amide bonds. The molecule has 3 N–H and O–H groups in total. The van der Waals surface area contributed by atoms with Gasteiger partial charge in [-0.3, -0.25) is 0 Å². The summed E-state index contributed by atoms with van der Waals surface area (Å²) in [5.74, 6) is -0.233. The highest BCUT2D eigenvalue weighted by atomic mass is 19.1. The molecule has 0 heterocycles. The van der Waals surface area contributed by atoms with Gasteiger partial charge in [0.1, 0.15) is 0 Å². The number of nitrogens with one attached hydrogen (secondary N) is 2. The van der Waals surface area contributed by atoms with E-state index < -0.39 is 5.82 Å². The molecule has 0 bridgehead atoms. The average Bonchev–Trinajstić information content (AvgIpc) is 2.47. The Bertz CT molecular complexity index is 455. The van der Waals surface area contributed by atoms with Gasteiger partial charge in [-0.05, 0) is 37.5 Å². The molecule has 1 atom stereocenters. The van der Waals surface area contributed by atoms with Gasteiger partial charge in [-0.25, -0.2) is 9.18 Å². The van der Waals surface area contributed by atoms with Gasteiger partial charge in [0.25, 0.3) is 0 Å². The van der Waals surface area contributed by atoms with Crippen LogP contribution in [0.2, 0.25) is 0 Å². The predicted octanol–water partition coefficient (Wildman–Crippen LogP) is 2.18. The predicted molar refractivity (Wildman–Crippen MR) is 78.7 cm³/mol. The van der Waals surface area contributed by atoms with Crippen LogP contribution in [0.1, 0.15) is 32.3 Å². The van der Waals surface area contributed by atoms with Gasteiger partial charge in [0.15, 0.2) is 11.6 Å². The minimum Gasteiger partial charge on any atom is -0.491 e. The summed E-state index contributed by atoms with van der Waals surface area (Å²) in [6.07, 6.45) is 1.26. The van der Waals surface area contributed by atoms with E-state index in [2.05, 4.69) is 10.6 Å². The second kappa shape index (κ2) is 9.18. The van der Waals surface area contributed by atoms with Gasteiger partial charge in [-0.1, -0.05) is 13.0 Å². The Balaban J connectivity index is 2.47. The lowest BCUT2D eigenvalue weighted by atomic mass is 10.1. The van der Waals surface area contributed by atoms with Crippen molar-refractivity contribution in [2.24, 2.45) is 0 Å². The van der Waals surface area contributed by atoms with Crippen LogP contribution >= 0.6 is 0 Å². The first-order chi connectivity index (χ1) is 10.1. The molecule has 1 rings (SSSR count). The number of urea groups is 1. The zero-order chi connectivity index (χ0) is 15.7. The van der Waals surface area contributed by atoms with Gasteiger partial charge in [0, 0.05) is 19.2 Å². The molecule has 5 nitrogen and oxygen atoms in total. The van der Waals surface area contributed by atoms with E-state index in [0.717, 1.165) is 6.42 Å². The fraction of sp³-hybridized carbons (Fsp3) is 0.533. The molecular weight excluding hydrogens is 275 g/mol. The Kier molecular flexibility index (Phi) is 7.53. The quantitative estimate of drug-likeness (QED) is 0.689. The molecule has 6 heteroatoms. The van der Waals surface area contributed by atoms with Crippen molar-refractivity contribution >= 4 is 6.03 Å². The van der Waals surface area contributed by atoms with Crippen LogP contribution in [0.5, 0.6) is 5.75 Å². The smallest absolute Gasteiger partial charge is 0.315 e.